The average Bonchev–Trinajstić information content (AvgIpc) is 2.73. The van der Waals surface area contributed by atoms with E-state index >= 15 is 0 Å². The molecule has 1 heterocycles. The van der Waals surface area contributed by atoms with Gasteiger partial charge in [-0.25, -0.2) is 4.79 Å². The monoisotopic (exact) mass is 332 g/mol. The van der Waals surface area contributed by atoms with Crippen molar-refractivity contribution in [2.75, 3.05) is 5.06 Å². The van der Waals surface area contributed by atoms with Crippen LogP contribution in [0.4, 0.5) is 5.69 Å². The van der Waals surface area contributed by atoms with E-state index < -0.39 is 28.7 Å². The van der Waals surface area contributed by atoms with E-state index in [1.54, 1.807) is 26.0 Å². The minimum Gasteiger partial charge on any atom is -0.351 e. The average molecular weight is 332 g/mol. The third-order valence-corrected chi connectivity index (χ3v) is 3.93. The van der Waals surface area contributed by atoms with Crippen molar-refractivity contribution in [3.05, 3.63) is 29.8 Å². The van der Waals surface area contributed by atoms with Gasteiger partial charge in [-0.15, -0.1) is 5.06 Å². The Morgan fingerprint density at radius 3 is 2.12 bits per heavy atom. The number of aryl methyl sites for hydroxylation is 1. The van der Waals surface area contributed by atoms with E-state index in [2.05, 4.69) is 5.32 Å². The second kappa shape index (κ2) is 5.92. The maximum atomic E-state index is 12.7. The quantitative estimate of drug-likeness (QED) is 0.862. The summed E-state index contributed by atoms with van der Waals surface area (Å²) in [7, 11) is 0. The molecule has 6 nitrogen and oxygen atoms in total. The first kappa shape index (κ1) is 18.0. The third-order valence-electron chi connectivity index (χ3n) is 3.93. The first-order valence-electron chi connectivity index (χ1n) is 7.88. The number of hydrogen-bond acceptors (Lipinski definition) is 4. The second-order valence-corrected chi connectivity index (χ2v) is 7.74. The molecule has 1 aromatic carbocycles. The molecule has 1 aliphatic heterocycles. The van der Waals surface area contributed by atoms with E-state index in [9.17, 15) is 14.4 Å². The van der Waals surface area contributed by atoms with Crippen LogP contribution in [0.15, 0.2) is 24.3 Å². The summed E-state index contributed by atoms with van der Waals surface area (Å²) in [4.78, 5) is 42.7. The maximum Gasteiger partial charge on any atom is 0.346 e. The van der Waals surface area contributed by atoms with Crippen molar-refractivity contribution in [1.29, 1.82) is 0 Å². The topological polar surface area (TPSA) is 75.7 Å². The van der Waals surface area contributed by atoms with Crippen LogP contribution in [-0.4, -0.2) is 23.3 Å². The van der Waals surface area contributed by atoms with Crippen LogP contribution in [0.3, 0.4) is 0 Å². The van der Waals surface area contributed by atoms with E-state index in [-0.39, 0.29) is 5.91 Å². The summed E-state index contributed by atoms with van der Waals surface area (Å²) in [6.07, 6.45) is 0. The lowest BCUT2D eigenvalue weighted by Gasteiger charge is -2.30. The zero-order chi connectivity index (χ0) is 18.3. The normalized spacial score (nSPS) is 18.6. The van der Waals surface area contributed by atoms with Gasteiger partial charge in [0.15, 0.2) is 5.92 Å². The van der Waals surface area contributed by atoms with Crippen LogP contribution in [-0.2, 0) is 19.2 Å². The summed E-state index contributed by atoms with van der Waals surface area (Å²) in [5.41, 5.74) is -0.191. The molecule has 0 aromatic heterocycles. The molecule has 2 rings (SSSR count). The molecule has 1 aromatic rings. The van der Waals surface area contributed by atoms with Gasteiger partial charge in [0.25, 0.3) is 5.91 Å². The molecular weight excluding hydrogens is 308 g/mol. The molecule has 0 radical (unpaired) electrons. The number of carbonyl (C=O) groups excluding carboxylic acids is 3. The van der Waals surface area contributed by atoms with Crippen molar-refractivity contribution >= 4 is 23.5 Å². The Kier molecular flexibility index (Phi) is 4.44. The summed E-state index contributed by atoms with van der Waals surface area (Å²) >= 11 is 0. The van der Waals surface area contributed by atoms with Crippen LogP contribution in [0.5, 0.6) is 0 Å². The molecule has 6 heteroatoms. The first-order valence-corrected chi connectivity index (χ1v) is 7.88. The zero-order valence-corrected chi connectivity index (χ0v) is 15.0. The minimum atomic E-state index is -1.22. The van der Waals surface area contributed by atoms with E-state index in [0.717, 1.165) is 10.6 Å². The molecule has 130 valence electrons. The Labute approximate surface area is 142 Å². The van der Waals surface area contributed by atoms with Gasteiger partial charge in [-0.1, -0.05) is 17.7 Å². The van der Waals surface area contributed by atoms with Gasteiger partial charge in [-0.3, -0.25) is 9.59 Å². The van der Waals surface area contributed by atoms with E-state index in [1.807, 2.05) is 39.8 Å². The fraction of sp³-hybridized carbons (Fsp3) is 0.500. The minimum absolute atomic E-state index is 0.365. The first-order chi connectivity index (χ1) is 10.9. The molecule has 0 spiro atoms. The van der Waals surface area contributed by atoms with Crippen LogP contribution in [0.2, 0.25) is 0 Å². The summed E-state index contributed by atoms with van der Waals surface area (Å²) in [5, 5.41) is 3.79. The summed E-state index contributed by atoms with van der Waals surface area (Å²) < 4.78 is 0. The fourth-order valence-corrected chi connectivity index (χ4v) is 2.50. The summed E-state index contributed by atoms with van der Waals surface area (Å²) in [5.74, 6) is -2.79. The van der Waals surface area contributed by atoms with Gasteiger partial charge in [0.05, 0.1) is 11.1 Å². The predicted molar refractivity (Wildman–Crippen MR) is 89.9 cm³/mol. The predicted octanol–water partition coefficient (Wildman–Crippen LogP) is 2.36. The highest BCUT2D eigenvalue weighted by Gasteiger charge is 2.55. The maximum absolute atomic E-state index is 12.7. The van der Waals surface area contributed by atoms with Gasteiger partial charge in [0.1, 0.15) is 0 Å². The van der Waals surface area contributed by atoms with Crippen molar-refractivity contribution < 1.29 is 19.2 Å². The van der Waals surface area contributed by atoms with Gasteiger partial charge in [0, 0.05) is 5.54 Å². The Morgan fingerprint density at radius 1 is 1.08 bits per heavy atom. The van der Waals surface area contributed by atoms with E-state index in [4.69, 9.17) is 4.84 Å². The van der Waals surface area contributed by atoms with Crippen LogP contribution in [0, 0.1) is 18.3 Å². The van der Waals surface area contributed by atoms with E-state index in [1.165, 1.54) is 0 Å². The molecule has 24 heavy (non-hydrogen) atoms. The Hall–Kier alpha value is -2.37. The van der Waals surface area contributed by atoms with Crippen molar-refractivity contribution in [3.63, 3.8) is 0 Å². The Balaban J connectivity index is 2.28. The lowest BCUT2D eigenvalue weighted by molar-refractivity contribution is -0.150. The molecule has 1 fully saturated rings. The summed E-state index contributed by atoms with van der Waals surface area (Å²) in [6, 6.07) is 7.04. The van der Waals surface area contributed by atoms with Gasteiger partial charge in [0.2, 0.25) is 5.91 Å². The molecule has 1 N–H and O–H groups in total. The van der Waals surface area contributed by atoms with Crippen LogP contribution in [0.25, 0.3) is 0 Å². The van der Waals surface area contributed by atoms with Gasteiger partial charge in [-0.05, 0) is 53.7 Å². The standard InChI is InChI=1S/C18H24N2O4/c1-11-7-9-12(10-8-11)20-14(21)13(15(22)24-20)18(5,6)16(23)19-17(2,3)4/h7-10,13H,1-6H3,(H,19,23). The van der Waals surface area contributed by atoms with E-state index in [0.29, 0.717) is 5.69 Å². The number of anilines is 1. The zero-order valence-electron chi connectivity index (χ0n) is 15.0. The molecule has 2 amide bonds. The number of nitrogens with one attached hydrogen (secondary N) is 1. The van der Waals surface area contributed by atoms with Crippen molar-refractivity contribution in [3.8, 4) is 0 Å². The van der Waals surface area contributed by atoms with Crippen molar-refractivity contribution in [1.82, 2.24) is 5.32 Å². The largest absolute Gasteiger partial charge is 0.351 e. The second-order valence-electron chi connectivity index (χ2n) is 7.74. The molecule has 0 saturated carbocycles. The highest BCUT2D eigenvalue weighted by Crippen LogP contribution is 2.36. The molecule has 1 aliphatic rings. The Bertz CT molecular complexity index is 671. The van der Waals surface area contributed by atoms with Crippen LogP contribution < -0.4 is 10.4 Å². The molecule has 0 bridgehead atoms. The van der Waals surface area contributed by atoms with Crippen LogP contribution in [0.1, 0.15) is 40.2 Å². The summed E-state index contributed by atoms with van der Waals surface area (Å²) in [6.45, 7) is 10.6. The molecular formula is C18H24N2O4. The highest BCUT2D eigenvalue weighted by molar-refractivity contribution is 6.13. The van der Waals surface area contributed by atoms with Gasteiger partial charge in [-0.2, -0.15) is 0 Å². The number of hydrogen-bond donors (Lipinski definition) is 1. The third kappa shape index (κ3) is 3.42. The van der Waals surface area contributed by atoms with Crippen molar-refractivity contribution in [2.24, 2.45) is 11.3 Å². The lowest BCUT2D eigenvalue weighted by atomic mass is 9.77. The SMILES string of the molecule is Cc1ccc(N2OC(=O)C(C(C)(C)C(=O)NC(C)(C)C)C2=O)cc1. The number of benzene rings is 1. The van der Waals surface area contributed by atoms with Gasteiger partial charge >= 0.3 is 5.97 Å². The van der Waals surface area contributed by atoms with Crippen molar-refractivity contribution in [2.45, 2.75) is 47.1 Å². The number of amides is 2. The Morgan fingerprint density at radius 2 is 1.62 bits per heavy atom. The molecule has 1 atom stereocenters. The number of hydroxylamine groups is 1. The molecule has 1 unspecified atom stereocenters. The number of carbonyl (C=O) groups is 3. The fourth-order valence-electron chi connectivity index (χ4n) is 2.50. The number of rotatable bonds is 3. The molecule has 1 saturated heterocycles. The van der Waals surface area contributed by atoms with Crippen LogP contribution >= 0.6 is 0 Å². The van der Waals surface area contributed by atoms with Gasteiger partial charge < -0.3 is 10.2 Å². The lowest BCUT2D eigenvalue weighted by Crippen LogP contribution is -2.52. The number of nitrogens with zero attached hydrogens (tertiary/aromatic N) is 1. The smallest absolute Gasteiger partial charge is 0.346 e. The molecule has 0 aliphatic carbocycles. The highest BCUT2D eigenvalue weighted by atomic mass is 16.7.